The zero-order chi connectivity index (χ0) is 12.4. The molecule has 4 nitrogen and oxygen atoms in total. The lowest BCUT2D eigenvalue weighted by molar-refractivity contribution is 0.0989. The summed E-state index contributed by atoms with van der Waals surface area (Å²) in [7, 11) is 1.68. The molecule has 17 heavy (non-hydrogen) atoms. The van der Waals surface area contributed by atoms with Crippen LogP contribution in [0.15, 0.2) is 41.0 Å². The molecule has 0 atom stereocenters. The molecule has 2 aromatic rings. The first kappa shape index (κ1) is 11.7. The van der Waals surface area contributed by atoms with E-state index in [0.717, 1.165) is 10.2 Å². The fraction of sp³-hybridized carbons (Fsp3) is 0.0833. The SMILES string of the molecule is CN(C(=O)c1cc(Br)c[nH]1)c1ccc(O)cc1. The van der Waals surface area contributed by atoms with Crippen LogP contribution >= 0.6 is 15.9 Å². The summed E-state index contributed by atoms with van der Waals surface area (Å²) in [6.07, 6.45) is 1.71. The van der Waals surface area contributed by atoms with Crippen LogP contribution < -0.4 is 4.90 Å². The molecule has 0 radical (unpaired) electrons. The van der Waals surface area contributed by atoms with Crippen molar-refractivity contribution in [3.05, 3.63) is 46.7 Å². The maximum Gasteiger partial charge on any atom is 0.274 e. The average molecular weight is 295 g/mol. The topological polar surface area (TPSA) is 56.3 Å². The standard InChI is InChI=1S/C12H11BrN2O2/c1-15(9-2-4-10(16)5-3-9)12(17)11-6-8(13)7-14-11/h2-7,14,16H,1H3. The molecule has 1 heterocycles. The molecule has 0 saturated heterocycles. The Morgan fingerprint density at radius 1 is 1.35 bits per heavy atom. The van der Waals surface area contributed by atoms with Gasteiger partial charge in [0.1, 0.15) is 11.4 Å². The Kier molecular flexibility index (Phi) is 3.19. The van der Waals surface area contributed by atoms with Gasteiger partial charge in [0, 0.05) is 23.4 Å². The van der Waals surface area contributed by atoms with Crippen molar-refractivity contribution in [2.45, 2.75) is 0 Å². The third-order valence-corrected chi connectivity index (χ3v) is 2.88. The third kappa shape index (κ3) is 2.50. The van der Waals surface area contributed by atoms with Crippen LogP contribution in [-0.4, -0.2) is 23.0 Å². The van der Waals surface area contributed by atoms with Crippen LogP contribution in [0.25, 0.3) is 0 Å². The van der Waals surface area contributed by atoms with Crippen LogP contribution in [0.4, 0.5) is 5.69 Å². The van der Waals surface area contributed by atoms with E-state index in [4.69, 9.17) is 0 Å². The highest BCUT2D eigenvalue weighted by molar-refractivity contribution is 9.10. The number of aromatic nitrogens is 1. The normalized spacial score (nSPS) is 10.2. The number of anilines is 1. The van der Waals surface area contributed by atoms with Crippen LogP contribution in [0.1, 0.15) is 10.5 Å². The number of nitrogens with one attached hydrogen (secondary N) is 1. The average Bonchev–Trinajstić information content (AvgIpc) is 2.75. The maximum absolute atomic E-state index is 12.1. The first-order valence-electron chi connectivity index (χ1n) is 4.99. The molecule has 2 rings (SSSR count). The fourth-order valence-corrected chi connectivity index (χ4v) is 1.81. The van der Waals surface area contributed by atoms with Crippen molar-refractivity contribution in [3.8, 4) is 5.75 Å². The molecule has 0 fully saturated rings. The second-order valence-corrected chi connectivity index (χ2v) is 4.53. The summed E-state index contributed by atoms with van der Waals surface area (Å²) in [5.74, 6) is 0.0404. The molecular formula is C12H11BrN2O2. The van der Waals surface area contributed by atoms with E-state index in [1.54, 1.807) is 43.6 Å². The van der Waals surface area contributed by atoms with Gasteiger partial charge in [-0.15, -0.1) is 0 Å². The summed E-state index contributed by atoms with van der Waals surface area (Å²) in [6, 6.07) is 8.18. The molecule has 0 aliphatic heterocycles. The largest absolute Gasteiger partial charge is 0.508 e. The number of carbonyl (C=O) groups is 1. The fourth-order valence-electron chi connectivity index (χ4n) is 1.47. The number of phenolic OH excluding ortho intramolecular Hbond substituents is 1. The Morgan fingerprint density at radius 2 is 2.00 bits per heavy atom. The zero-order valence-electron chi connectivity index (χ0n) is 9.14. The predicted octanol–water partition coefficient (Wildman–Crippen LogP) is 2.76. The Balaban J connectivity index is 2.23. The van der Waals surface area contributed by atoms with Crippen molar-refractivity contribution in [1.82, 2.24) is 4.98 Å². The van der Waals surface area contributed by atoms with Gasteiger partial charge in [0.2, 0.25) is 0 Å². The molecule has 1 amide bonds. The number of benzene rings is 1. The summed E-state index contributed by atoms with van der Waals surface area (Å²) in [4.78, 5) is 16.4. The number of phenols is 1. The zero-order valence-corrected chi connectivity index (χ0v) is 10.7. The van der Waals surface area contributed by atoms with Gasteiger partial charge in [-0.25, -0.2) is 0 Å². The molecule has 1 aromatic heterocycles. The Hall–Kier alpha value is -1.75. The van der Waals surface area contributed by atoms with Gasteiger partial charge in [-0.2, -0.15) is 0 Å². The van der Waals surface area contributed by atoms with E-state index in [9.17, 15) is 9.90 Å². The molecular weight excluding hydrogens is 284 g/mol. The number of halogens is 1. The van der Waals surface area contributed by atoms with Gasteiger partial charge in [0.05, 0.1) is 0 Å². The summed E-state index contributed by atoms with van der Waals surface area (Å²) < 4.78 is 0.833. The van der Waals surface area contributed by atoms with Crippen molar-refractivity contribution in [2.24, 2.45) is 0 Å². The monoisotopic (exact) mass is 294 g/mol. The number of aromatic hydroxyl groups is 1. The van der Waals surface area contributed by atoms with Gasteiger partial charge in [-0.1, -0.05) is 0 Å². The molecule has 0 spiro atoms. The van der Waals surface area contributed by atoms with Crippen molar-refractivity contribution < 1.29 is 9.90 Å². The molecule has 2 N–H and O–H groups in total. The van der Waals surface area contributed by atoms with E-state index in [2.05, 4.69) is 20.9 Å². The molecule has 0 saturated carbocycles. The summed E-state index contributed by atoms with van der Waals surface area (Å²) in [5.41, 5.74) is 1.23. The van der Waals surface area contributed by atoms with Crippen molar-refractivity contribution in [3.63, 3.8) is 0 Å². The van der Waals surface area contributed by atoms with Gasteiger partial charge in [-0.05, 0) is 46.3 Å². The second-order valence-electron chi connectivity index (χ2n) is 3.61. The van der Waals surface area contributed by atoms with E-state index in [0.29, 0.717) is 5.69 Å². The van der Waals surface area contributed by atoms with Crippen LogP contribution in [0, 0.1) is 0 Å². The smallest absolute Gasteiger partial charge is 0.274 e. The minimum atomic E-state index is -0.138. The lowest BCUT2D eigenvalue weighted by Gasteiger charge is -2.16. The van der Waals surface area contributed by atoms with Gasteiger partial charge in [-0.3, -0.25) is 4.79 Å². The molecule has 5 heteroatoms. The highest BCUT2D eigenvalue weighted by atomic mass is 79.9. The lowest BCUT2D eigenvalue weighted by atomic mass is 10.2. The third-order valence-electron chi connectivity index (χ3n) is 2.42. The molecule has 0 aliphatic rings. The van der Waals surface area contributed by atoms with Crippen molar-refractivity contribution in [1.29, 1.82) is 0 Å². The van der Waals surface area contributed by atoms with Crippen LogP contribution in [0.5, 0.6) is 5.75 Å². The van der Waals surface area contributed by atoms with Gasteiger partial charge in [0.15, 0.2) is 0 Å². The van der Waals surface area contributed by atoms with Gasteiger partial charge < -0.3 is 15.0 Å². The Morgan fingerprint density at radius 3 is 2.53 bits per heavy atom. The quantitative estimate of drug-likeness (QED) is 0.895. The number of hydrogen-bond donors (Lipinski definition) is 2. The number of nitrogens with zero attached hydrogens (tertiary/aromatic N) is 1. The number of hydrogen-bond acceptors (Lipinski definition) is 2. The van der Waals surface area contributed by atoms with E-state index in [-0.39, 0.29) is 11.7 Å². The number of H-pyrrole nitrogens is 1. The minimum Gasteiger partial charge on any atom is -0.508 e. The highest BCUT2D eigenvalue weighted by Crippen LogP contribution is 2.19. The van der Waals surface area contributed by atoms with Crippen LogP contribution in [-0.2, 0) is 0 Å². The lowest BCUT2D eigenvalue weighted by Crippen LogP contribution is -2.26. The van der Waals surface area contributed by atoms with Crippen LogP contribution in [0.3, 0.4) is 0 Å². The summed E-state index contributed by atoms with van der Waals surface area (Å²) >= 11 is 3.28. The van der Waals surface area contributed by atoms with Crippen molar-refractivity contribution >= 4 is 27.5 Å². The first-order chi connectivity index (χ1) is 8.08. The molecule has 0 aliphatic carbocycles. The van der Waals surface area contributed by atoms with Gasteiger partial charge in [0.25, 0.3) is 5.91 Å². The Labute approximate surface area is 107 Å². The summed E-state index contributed by atoms with van der Waals surface area (Å²) in [6.45, 7) is 0. The van der Waals surface area contributed by atoms with Crippen molar-refractivity contribution in [2.75, 3.05) is 11.9 Å². The summed E-state index contributed by atoms with van der Waals surface area (Å²) in [5, 5.41) is 9.18. The molecule has 0 bridgehead atoms. The van der Waals surface area contributed by atoms with Gasteiger partial charge >= 0.3 is 0 Å². The number of amides is 1. The van der Waals surface area contributed by atoms with E-state index < -0.39 is 0 Å². The molecule has 1 aromatic carbocycles. The minimum absolute atomic E-state index is 0.138. The second kappa shape index (κ2) is 4.63. The number of carbonyl (C=O) groups excluding carboxylic acids is 1. The molecule has 88 valence electrons. The number of aromatic amines is 1. The van der Waals surface area contributed by atoms with E-state index in [1.165, 1.54) is 4.90 Å². The van der Waals surface area contributed by atoms with Crippen LogP contribution in [0.2, 0.25) is 0 Å². The number of rotatable bonds is 2. The van der Waals surface area contributed by atoms with E-state index in [1.807, 2.05) is 0 Å². The maximum atomic E-state index is 12.1. The van der Waals surface area contributed by atoms with E-state index >= 15 is 0 Å². The predicted molar refractivity (Wildman–Crippen MR) is 69.3 cm³/mol. The Bertz CT molecular complexity index is 534. The first-order valence-corrected chi connectivity index (χ1v) is 5.78. The highest BCUT2D eigenvalue weighted by Gasteiger charge is 2.14. The molecule has 0 unspecified atom stereocenters.